The number of amides is 1. The van der Waals surface area contributed by atoms with Crippen LogP contribution in [0.3, 0.4) is 0 Å². The van der Waals surface area contributed by atoms with Gasteiger partial charge in [0.25, 0.3) is 0 Å². The van der Waals surface area contributed by atoms with Crippen LogP contribution in [0.25, 0.3) is 0 Å². The lowest BCUT2D eigenvalue weighted by molar-refractivity contribution is -0.143. The van der Waals surface area contributed by atoms with Crippen LogP contribution < -0.4 is 5.32 Å². The molecule has 0 aromatic heterocycles. The van der Waals surface area contributed by atoms with Crippen LogP contribution in [0, 0.1) is 5.41 Å². The molecule has 0 aliphatic carbocycles. The molecule has 2 aliphatic rings. The third-order valence-corrected chi connectivity index (χ3v) is 5.30. The largest absolute Gasteiger partial charge is 0.342 e. The number of rotatable bonds is 5. The summed E-state index contributed by atoms with van der Waals surface area (Å²) in [4.78, 5) is 17.5. The van der Waals surface area contributed by atoms with Crippen LogP contribution >= 0.6 is 0 Å². The highest BCUT2D eigenvalue weighted by Gasteiger charge is 2.43. The minimum absolute atomic E-state index is 0.120. The minimum Gasteiger partial charge on any atom is -0.342 e. The molecule has 0 aromatic carbocycles. The van der Waals surface area contributed by atoms with Gasteiger partial charge in [-0.25, -0.2) is 0 Å². The summed E-state index contributed by atoms with van der Waals surface area (Å²) in [5, 5.41) is 3.40. The van der Waals surface area contributed by atoms with Crippen LogP contribution in [0.5, 0.6) is 0 Å². The van der Waals surface area contributed by atoms with E-state index in [0.717, 1.165) is 64.8 Å². The molecule has 1 amide bonds. The average molecular weight is 281 g/mol. The van der Waals surface area contributed by atoms with Gasteiger partial charge in [0.05, 0.1) is 5.41 Å². The van der Waals surface area contributed by atoms with E-state index in [9.17, 15) is 4.79 Å². The maximum atomic E-state index is 13.0. The number of piperidine rings is 1. The number of hydrogen-bond acceptors (Lipinski definition) is 3. The number of likely N-dealkylation sites (tertiary alicyclic amines) is 1. The Bertz CT molecular complexity index is 318. The molecule has 2 fully saturated rings. The van der Waals surface area contributed by atoms with Crippen LogP contribution in [0.2, 0.25) is 0 Å². The van der Waals surface area contributed by atoms with Crippen molar-refractivity contribution >= 4 is 5.91 Å². The summed E-state index contributed by atoms with van der Waals surface area (Å²) in [7, 11) is 2.03. The number of hydrogen-bond donors (Lipinski definition) is 1. The third-order valence-electron chi connectivity index (χ3n) is 5.30. The zero-order chi connectivity index (χ0) is 14.6. The van der Waals surface area contributed by atoms with Crippen molar-refractivity contribution in [3.63, 3.8) is 0 Å². The maximum Gasteiger partial charge on any atom is 0.230 e. The summed E-state index contributed by atoms with van der Waals surface area (Å²) in [6, 6.07) is 0.444. The Morgan fingerprint density at radius 1 is 1.35 bits per heavy atom. The fourth-order valence-electron chi connectivity index (χ4n) is 3.89. The van der Waals surface area contributed by atoms with Gasteiger partial charge in [0, 0.05) is 32.7 Å². The summed E-state index contributed by atoms with van der Waals surface area (Å²) in [5.74, 6) is 0.388. The monoisotopic (exact) mass is 281 g/mol. The summed E-state index contributed by atoms with van der Waals surface area (Å²) < 4.78 is 0. The number of nitrogens with one attached hydrogen (secondary N) is 1. The van der Waals surface area contributed by atoms with E-state index in [1.165, 1.54) is 0 Å². The van der Waals surface area contributed by atoms with Crippen molar-refractivity contribution in [2.75, 3.05) is 39.8 Å². The molecule has 1 unspecified atom stereocenters. The molecule has 1 N–H and O–H groups in total. The van der Waals surface area contributed by atoms with E-state index in [4.69, 9.17) is 0 Å². The second kappa shape index (κ2) is 6.90. The predicted molar refractivity (Wildman–Crippen MR) is 82.7 cm³/mol. The Balaban J connectivity index is 1.97. The highest BCUT2D eigenvalue weighted by Crippen LogP contribution is 2.34. The van der Waals surface area contributed by atoms with Crippen LogP contribution in [0.4, 0.5) is 0 Å². The zero-order valence-corrected chi connectivity index (χ0v) is 13.5. The van der Waals surface area contributed by atoms with Crippen LogP contribution in [0.1, 0.15) is 46.0 Å². The molecule has 4 heteroatoms. The SMILES string of the molecule is CCCC1(C(=O)N(C)C2CCN(CC)CC2)CCNC1. The van der Waals surface area contributed by atoms with Crippen LogP contribution in [-0.2, 0) is 4.79 Å². The standard InChI is InChI=1S/C16H31N3O/c1-4-8-16(9-10-17-13-16)15(20)18(3)14-6-11-19(5-2)12-7-14/h14,17H,4-13H2,1-3H3. The number of nitrogens with zero attached hydrogens (tertiary/aromatic N) is 2. The minimum atomic E-state index is -0.120. The van der Waals surface area contributed by atoms with Crippen molar-refractivity contribution in [2.24, 2.45) is 5.41 Å². The smallest absolute Gasteiger partial charge is 0.230 e. The Labute approximate surface area is 123 Å². The van der Waals surface area contributed by atoms with Crippen LogP contribution in [-0.4, -0.2) is 61.5 Å². The summed E-state index contributed by atoms with van der Waals surface area (Å²) in [6.45, 7) is 9.68. The quantitative estimate of drug-likeness (QED) is 0.833. The van der Waals surface area contributed by atoms with E-state index in [1.807, 2.05) is 7.05 Å². The van der Waals surface area contributed by atoms with Crippen molar-refractivity contribution in [1.29, 1.82) is 0 Å². The fraction of sp³-hybridized carbons (Fsp3) is 0.938. The highest BCUT2D eigenvalue weighted by molar-refractivity contribution is 5.83. The van der Waals surface area contributed by atoms with Gasteiger partial charge in [-0.1, -0.05) is 20.3 Å². The predicted octanol–water partition coefficient (Wildman–Crippen LogP) is 1.71. The molecule has 2 aliphatic heterocycles. The Kier molecular flexibility index (Phi) is 5.44. The molecule has 0 aromatic rings. The molecule has 2 heterocycles. The molecular weight excluding hydrogens is 250 g/mol. The van der Waals surface area contributed by atoms with Crippen LogP contribution in [0.15, 0.2) is 0 Å². The zero-order valence-electron chi connectivity index (χ0n) is 13.5. The van der Waals surface area contributed by atoms with Gasteiger partial charge in [0.2, 0.25) is 5.91 Å². The second-order valence-corrected chi connectivity index (χ2v) is 6.54. The van der Waals surface area contributed by atoms with Crippen molar-refractivity contribution in [1.82, 2.24) is 15.1 Å². The first kappa shape index (κ1) is 15.8. The highest BCUT2D eigenvalue weighted by atomic mass is 16.2. The van der Waals surface area contributed by atoms with Gasteiger partial charge in [0.15, 0.2) is 0 Å². The van der Waals surface area contributed by atoms with Gasteiger partial charge in [-0.3, -0.25) is 4.79 Å². The molecule has 1 atom stereocenters. The summed E-state index contributed by atoms with van der Waals surface area (Å²) >= 11 is 0. The molecule has 2 rings (SSSR count). The molecule has 2 saturated heterocycles. The molecule has 20 heavy (non-hydrogen) atoms. The molecule has 0 saturated carbocycles. The Hall–Kier alpha value is -0.610. The molecule has 0 spiro atoms. The summed E-state index contributed by atoms with van der Waals surface area (Å²) in [5.41, 5.74) is -0.120. The third kappa shape index (κ3) is 3.17. The van der Waals surface area contributed by atoms with E-state index >= 15 is 0 Å². The Morgan fingerprint density at radius 2 is 2.05 bits per heavy atom. The second-order valence-electron chi connectivity index (χ2n) is 6.54. The van der Waals surface area contributed by atoms with Gasteiger partial charge in [0.1, 0.15) is 0 Å². The normalized spacial score (nSPS) is 28.8. The molecular formula is C16H31N3O. The lowest BCUT2D eigenvalue weighted by Gasteiger charge is -2.40. The van der Waals surface area contributed by atoms with Gasteiger partial charge < -0.3 is 15.1 Å². The van der Waals surface area contributed by atoms with Crippen molar-refractivity contribution < 1.29 is 4.79 Å². The number of carbonyl (C=O) groups is 1. The maximum absolute atomic E-state index is 13.0. The van der Waals surface area contributed by atoms with E-state index in [2.05, 4.69) is 29.0 Å². The van der Waals surface area contributed by atoms with Crippen molar-refractivity contribution in [2.45, 2.75) is 52.0 Å². The van der Waals surface area contributed by atoms with Crippen molar-refractivity contribution in [3.8, 4) is 0 Å². The fourth-order valence-corrected chi connectivity index (χ4v) is 3.89. The van der Waals surface area contributed by atoms with E-state index in [0.29, 0.717) is 11.9 Å². The van der Waals surface area contributed by atoms with E-state index in [1.54, 1.807) is 0 Å². The molecule has 4 nitrogen and oxygen atoms in total. The van der Waals surface area contributed by atoms with E-state index < -0.39 is 0 Å². The molecule has 0 bridgehead atoms. The molecule has 116 valence electrons. The average Bonchev–Trinajstić information content (AvgIpc) is 2.96. The van der Waals surface area contributed by atoms with Gasteiger partial charge in [-0.2, -0.15) is 0 Å². The van der Waals surface area contributed by atoms with Gasteiger partial charge in [-0.15, -0.1) is 0 Å². The molecule has 0 radical (unpaired) electrons. The Morgan fingerprint density at radius 3 is 2.55 bits per heavy atom. The summed E-state index contributed by atoms with van der Waals surface area (Å²) in [6.07, 6.45) is 5.39. The first-order valence-electron chi connectivity index (χ1n) is 8.33. The first-order valence-corrected chi connectivity index (χ1v) is 8.33. The van der Waals surface area contributed by atoms with Crippen molar-refractivity contribution in [3.05, 3.63) is 0 Å². The lowest BCUT2D eigenvalue weighted by Crippen LogP contribution is -2.51. The van der Waals surface area contributed by atoms with Gasteiger partial charge in [-0.05, 0) is 38.8 Å². The number of carbonyl (C=O) groups excluding carboxylic acids is 1. The van der Waals surface area contributed by atoms with Gasteiger partial charge >= 0.3 is 0 Å². The van der Waals surface area contributed by atoms with E-state index in [-0.39, 0.29) is 5.41 Å². The topological polar surface area (TPSA) is 35.6 Å². The first-order chi connectivity index (χ1) is 9.63. The lowest BCUT2D eigenvalue weighted by atomic mass is 9.80.